The summed E-state index contributed by atoms with van der Waals surface area (Å²) in [6.07, 6.45) is 5.67. The van der Waals surface area contributed by atoms with Crippen molar-refractivity contribution < 1.29 is 75.9 Å². The highest BCUT2D eigenvalue weighted by molar-refractivity contribution is 5.79. The number of likely N-dealkylation sites (N-methyl/N-ethyl adjacent to an activating group) is 1. The van der Waals surface area contributed by atoms with Gasteiger partial charge >= 0.3 is 12.1 Å². The van der Waals surface area contributed by atoms with Gasteiger partial charge in [-0.15, -0.1) is 0 Å². The summed E-state index contributed by atoms with van der Waals surface area (Å²) in [5.74, 6) is -0.119. The second-order valence-corrected chi connectivity index (χ2v) is 15.5. The Labute approximate surface area is 399 Å². The van der Waals surface area contributed by atoms with Crippen molar-refractivity contribution >= 4 is 12.1 Å². The number of carbonyl (C=O) groups excluding carboxylic acids is 2. The molecule has 67 heavy (non-hydrogen) atoms. The summed E-state index contributed by atoms with van der Waals surface area (Å²) in [5, 5.41) is 0. The molecule has 0 saturated heterocycles. The van der Waals surface area contributed by atoms with Gasteiger partial charge in [-0.25, -0.2) is 4.79 Å². The van der Waals surface area contributed by atoms with Gasteiger partial charge < -0.3 is 71.2 Å². The van der Waals surface area contributed by atoms with Gasteiger partial charge in [-0.05, 0) is 28.7 Å². The minimum absolute atomic E-state index is 0.0331. The smallest absolute Gasteiger partial charge is 0.409 e. The van der Waals surface area contributed by atoms with Crippen molar-refractivity contribution in [3.63, 3.8) is 0 Å². The fourth-order valence-electron chi connectivity index (χ4n) is 6.68. The highest BCUT2D eigenvalue weighted by Crippen LogP contribution is 2.44. The van der Waals surface area contributed by atoms with E-state index in [1.165, 1.54) is 46.4 Å². The van der Waals surface area contributed by atoms with Gasteiger partial charge in [0.15, 0.2) is 0 Å². The van der Waals surface area contributed by atoms with E-state index in [2.05, 4.69) is 31.2 Å². The fraction of sp³-hybridized carbons (Fsp3) is 0.720. The van der Waals surface area contributed by atoms with Gasteiger partial charge in [-0.2, -0.15) is 0 Å². The third-order valence-corrected chi connectivity index (χ3v) is 10.3. The molecular weight excluding hydrogens is 871 g/mol. The number of fused-ring (bicyclic) bond motifs is 3. The molecule has 0 saturated carbocycles. The molecule has 0 atom stereocenters. The van der Waals surface area contributed by atoms with Crippen LogP contribution < -0.4 is 0 Å². The number of esters is 1. The number of unbranched alkanes of at least 4 members (excludes halogenated alkanes) is 4. The summed E-state index contributed by atoms with van der Waals surface area (Å²) in [5.41, 5.74) is 4.78. The Balaban J connectivity index is 0.919. The number of hydrogen-bond acceptors (Lipinski definition) is 16. The number of ether oxygens (including phenoxy) is 14. The van der Waals surface area contributed by atoms with E-state index in [0.29, 0.717) is 178 Å². The SMILES string of the molecule is CCCCCCCC(=O)OCCOCCOCCOCCOCCOCCOCCOCCOCCOCCOCCOCCOCCN(C)C(=O)OCC1c2ccccc2-c2ccccc21. The Kier molecular flexibility index (Phi) is 36.1. The standard InChI is InChI=1S/C50H81NO16/c1-3-4-5-6-7-16-49(52)66-42-41-65-40-39-64-38-37-63-36-35-62-34-33-61-32-31-60-30-29-59-28-27-58-26-25-57-24-23-56-22-21-55-20-19-54-18-17-51(2)50(53)67-43-48-46-14-10-8-12-44(46)45-13-9-11-15-47(45)48/h8-15,48H,3-7,16-43H2,1-2H3. The van der Waals surface area contributed by atoms with Gasteiger partial charge in [0.05, 0.1) is 159 Å². The quantitative estimate of drug-likeness (QED) is 0.0562. The van der Waals surface area contributed by atoms with E-state index in [4.69, 9.17) is 66.3 Å². The molecule has 1 aliphatic carbocycles. The zero-order valence-corrected chi connectivity index (χ0v) is 40.5. The predicted molar refractivity (Wildman–Crippen MR) is 252 cm³/mol. The van der Waals surface area contributed by atoms with Gasteiger partial charge in [0.25, 0.3) is 0 Å². The van der Waals surface area contributed by atoms with Gasteiger partial charge in [0.1, 0.15) is 13.2 Å². The Morgan fingerprint density at radius 2 is 0.746 bits per heavy atom. The molecule has 3 rings (SSSR count). The van der Waals surface area contributed by atoms with E-state index in [1.54, 1.807) is 7.05 Å². The molecule has 2 aromatic rings. The molecule has 382 valence electrons. The molecule has 0 aliphatic heterocycles. The van der Waals surface area contributed by atoms with Crippen molar-refractivity contribution in [1.29, 1.82) is 0 Å². The van der Waals surface area contributed by atoms with Gasteiger partial charge in [-0.1, -0.05) is 81.1 Å². The van der Waals surface area contributed by atoms with Crippen LogP contribution in [0.4, 0.5) is 4.79 Å². The monoisotopic (exact) mass is 952 g/mol. The molecule has 0 radical (unpaired) electrons. The first kappa shape index (κ1) is 58.0. The third kappa shape index (κ3) is 29.4. The summed E-state index contributed by atoms with van der Waals surface area (Å²) in [4.78, 5) is 25.8. The van der Waals surface area contributed by atoms with Crippen LogP contribution in [0.3, 0.4) is 0 Å². The highest BCUT2D eigenvalue weighted by Gasteiger charge is 2.29. The van der Waals surface area contributed by atoms with E-state index in [0.717, 1.165) is 12.8 Å². The lowest BCUT2D eigenvalue weighted by atomic mass is 9.98. The lowest BCUT2D eigenvalue weighted by molar-refractivity contribution is -0.145. The molecule has 1 amide bonds. The maximum atomic E-state index is 12.6. The molecule has 0 fully saturated rings. The molecule has 0 spiro atoms. The summed E-state index contributed by atoms with van der Waals surface area (Å²) in [6.45, 7) is 14.3. The zero-order valence-electron chi connectivity index (χ0n) is 40.5. The zero-order chi connectivity index (χ0) is 47.5. The molecule has 0 bridgehead atoms. The first-order chi connectivity index (χ1) is 33.1. The largest absolute Gasteiger partial charge is 0.463 e. The number of hydrogen-bond donors (Lipinski definition) is 0. The normalized spacial score (nSPS) is 12.1. The Morgan fingerprint density at radius 3 is 1.12 bits per heavy atom. The van der Waals surface area contributed by atoms with Crippen LogP contribution >= 0.6 is 0 Å². The summed E-state index contributed by atoms with van der Waals surface area (Å²) < 4.78 is 77.1. The van der Waals surface area contributed by atoms with E-state index < -0.39 is 0 Å². The molecule has 2 aromatic carbocycles. The highest BCUT2D eigenvalue weighted by atomic mass is 16.6. The number of amides is 1. The van der Waals surface area contributed by atoms with E-state index in [1.807, 2.05) is 24.3 Å². The minimum atomic E-state index is -0.368. The lowest BCUT2D eigenvalue weighted by Gasteiger charge is -2.19. The summed E-state index contributed by atoms with van der Waals surface area (Å²) >= 11 is 0. The second kappa shape index (κ2) is 41.7. The van der Waals surface area contributed by atoms with Crippen molar-refractivity contribution in [2.75, 3.05) is 185 Å². The van der Waals surface area contributed by atoms with Crippen molar-refractivity contribution in [1.82, 2.24) is 4.90 Å². The molecule has 1 aliphatic rings. The Morgan fingerprint density at radius 1 is 0.418 bits per heavy atom. The Hall–Kier alpha value is -3.30. The predicted octanol–water partition coefficient (Wildman–Crippen LogP) is 5.97. The average Bonchev–Trinajstić information content (AvgIpc) is 3.67. The van der Waals surface area contributed by atoms with E-state index in [9.17, 15) is 9.59 Å². The van der Waals surface area contributed by atoms with Crippen LogP contribution in [0.2, 0.25) is 0 Å². The van der Waals surface area contributed by atoms with Crippen molar-refractivity contribution in [2.24, 2.45) is 0 Å². The van der Waals surface area contributed by atoms with Crippen LogP contribution in [0.15, 0.2) is 48.5 Å². The number of rotatable bonds is 47. The molecule has 0 heterocycles. The number of carbonyl (C=O) groups is 2. The molecule has 17 heteroatoms. The molecule has 0 aromatic heterocycles. The molecule has 17 nitrogen and oxygen atoms in total. The second-order valence-electron chi connectivity index (χ2n) is 15.5. The van der Waals surface area contributed by atoms with Crippen LogP contribution in [0.1, 0.15) is 62.5 Å². The third-order valence-electron chi connectivity index (χ3n) is 10.3. The van der Waals surface area contributed by atoms with Crippen LogP contribution in [0.25, 0.3) is 11.1 Å². The van der Waals surface area contributed by atoms with Crippen LogP contribution in [0, 0.1) is 0 Å². The van der Waals surface area contributed by atoms with E-state index >= 15 is 0 Å². The van der Waals surface area contributed by atoms with E-state index in [-0.39, 0.29) is 24.6 Å². The number of nitrogens with zero attached hydrogens (tertiary/aromatic N) is 1. The summed E-state index contributed by atoms with van der Waals surface area (Å²) in [7, 11) is 1.71. The minimum Gasteiger partial charge on any atom is -0.463 e. The summed E-state index contributed by atoms with van der Waals surface area (Å²) in [6, 6.07) is 16.6. The maximum absolute atomic E-state index is 12.6. The van der Waals surface area contributed by atoms with Crippen LogP contribution in [-0.4, -0.2) is 202 Å². The topological polar surface area (TPSA) is 167 Å². The van der Waals surface area contributed by atoms with Crippen molar-refractivity contribution in [3.05, 3.63) is 59.7 Å². The van der Waals surface area contributed by atoms with Crippen molar-refractivity contribution in [2.45, 2.75) is 51.4 Å². The van der Waals surface area contributed by atoms with Gasteiger partial charge in [0.2, 0.25) is 0 Å². The van der Waals surface area contributed by atoms with Gasteiger partial charge in [-0.3, -0.25) is 4.79 Å². The number of benzene rings is 2. The maximum Gasteiger partial charge on any atom is 0.409 e. The van der Waals surface area contributed by atoms with Crippen LogP contribution in [-0.2, 0) is 71.1 Å². The molecular formula is C50H81NO16. The first-order valence-corrected chi connectivity index (χ1v) is 24.3. The first-order valence-electron chi connectivity index (χ1n) is 24.3. The molecule has 0 unspecified atom stereocenters. The molecule has 0 N–H and O–H groups in total. The Bertz CT molecular complexity index is 1440. The average molecular weight is 952 g/mol. The lowest BCUT2D eigenvalue weighted by Crippen LogP contribution is -2.32. The fourth-order valence-corrected chi connectivity index (χ4v) is 6.68. The van der Waals surface area contributed by atoms with Gasteiger partial charge in [0, 0.05) is 25.9 Å². The van der Waals surface area contributed by atoms with Crippen LogP contribution in [0.5, 0.6) is 0 Å². The van der Waals surface area contributed by atoms with Crippen molar-refractivity contribution in [3.8, 4) is 11.1 Å².